The Labute approximate surface area is 204 Å². The summed E-state index contributed by atoms with van der Waals surface area (Å²) in [4.78, 5) is 25.5. The van der Waals surface area contributed by atoms with Crippen LogP contribution in [0.5, 0.6) is 0 Å². The van der Waals surface area contributed by atoms with Crippen LogP contribution in [0, 0.1) is 0 Å². The molecule has 0 atom stereocenters. The molecule has 8 nitrogen and oxygen atoms in total. The van der Waals surface area contributed by atoms with E-state index >= 15 is 0 Å². The van der Waals surface area contributed by atoms with E-state index < -0.39 is 5.67 Å². The van der Waals surface area contributed by atoms with E-state index in [9.17, 15) is 9.18 Å². The molecule has 0 saturated heterocycles. The molecule has 1 aliphatic carbocycles. The number of benzene rings is 1. The van der Waals surface area contributed by atoms with E-state index in [-0.39, 0.29) is 11.7 Å². The van der Waals surface area contributed by atoms with Crippen LogP contribution in [0.15, 0.2) is 42.7 Å². The molecule has 0 unspecified atom stereocenters. The Balaban J connectivity index is 1.44. The Bertz CT molecular complexity index is 1270. The number of hydrogen-bond acceptors (Lipinski definition) is 7. The smallest absolute Gasteiger partial charge is 0.254 e. The lowest BCUT2D eigenvalue weighted by molar-refractivity contribution is 0.0956. The van der Waals surface area contributed by atoms with Crippen LogP contribution in [-0.4, -0.2) is 33.9 Å². The van der Waals surface area contributed by atoms with Crippen LogP contribution in [0.1, 0.15) is 60.9 Å². The molecular weight excluding hydrogens is 445 g/mol. The van der Waals surface area contributed by atoms with Crippen LogP contribution in [0.25, 0.3) is 0 Å². The van der Waals surface area contributed by atoms with Gasteiger partial charge < -0.3 is 21.3 Å². The van der Waals surface area contributed by atoms with Gasteiger partial charge in [-0.15, -0.1) is 0 Å². The zero-order valence-corrected chi connectivity index (χ0v) is 20.2. The lowest BCUT2D eigenvalue weighted by Crippen LogP contribution is -2.33. The Kier molecular flexibility index (Phi) is 5.88. The highest BCUT2D eigenvalue weighted by Crippen LogP contribution is 2.50. The molecule has 2 aromatic heterocycles. The van der Waals surface area contributed by atoms with Gasteiger partial charge in [-0.05, 0) is 62.9 Å². The molecule has 35 heavy (non-hydrogen) atoms. The summed E-state index contributed by atoms with van der Waals surface area (Å²) >= 11 is 0. The number of hydrogen-bond donors (Lipinski definition) is 4. The quantitative estimate of drug-likeness (QED) is 0.400. The molecule has 1 spiro atoms. The van der Waals surface area contributed by atoms with Crippen molar-refractivity contribution in [3.05, 3.63) is 65.2 Å². The summed E-state index contributed by atoms with van der Waals surface area (Å²) in [6, 6.07) is 9.85. The summed E-state index contributed by atoms with van der Waals surface area (Å²) in [7, 11) is 0. The van der Waals surface area contributed by atoms with Gasteiger partial charge in [0, 0.05) is 49.2 Å². The summed E-state index contributed by atoms with van der Waals surface area (Å²) < 4.78 is 14.4. The third-order valence-electron chi connectivity index (χ3n) is 6.52. The average molecular weight is 476 g/mol. The number of nitrogens with one attached hydrogen (secondary N) is 4. The Morgan fingerprint density at radius 1 is 1.14 bits per heavy atom. The van der Waals surface area contributed by atoms with Crippen LogP contribution in [-0.2, 0) is 17.6 Å². The van der Waals surface area contributed by atoms with Crippen molar-refractivity contribution >= 4 is 28.9 Å². The molecule has 0 radical (unpaired) electrons. The van der Waals surface area contributed by atoms with Crippen molar-refractivity contribution in [2.24, 2.45) is 0 Å². The fourth-order valence-corrected chi connectivity index (χ4v) is 4.53. The molecule has 3 aromatic rings. The molecule has 1 amide bonds. The van der Waals surface area contributed by atoms with Gasteiger partial charge in [0.1, 0.15) is 11.6 Å². The van der Waals surface area contributed by atoms with Crippen molar-refractivity contribution in [2.75, 3.05) is 23.7 Å². The predicted octanol–water partition coefficient (Wildman–Crippen LogP) is 4.45. The van der Waals surface area contributed by atoms with E-state index in [1.807, 2.05) is 6.92 Å². The Morgan fingerprint density at radius 2 is 1.97 bits per heavy atom. The SMILES string of the molecule is CCNC(=O)c1cnc(Nc2ccc3c(c2)CNCC32CC2)cc1Nc1ccnc(C(C)(C)F)n1. The topological polar surface area (TPSA) is 104 Å². The Hall–Kier alpha value is -3.59. The first-order valence-electron chi connectivity index (χ1n) is 12.0. The number of carbonyl (C=O) groups is 1. The summed E-state index contributed by atoms with van der Waals surface area (Å²) in [6.07, 6.45) is 5.49. The third-order valence-corrected chi connectivity index (χ3v) is 6.52. The van der Waals surface area contributed by atoms with Gasteiger partial charge in [-0.25, -0.2) is 19.3 Å². The first kappa shape index (κ1) is 23.2. The van der Waals surface area contributed by atoms with Crippen LogP contribution >= 0.6 is 0 Å². The average Bonchev–Trinajstić information content (AvgIpc) is 3.59. The van der Waals surface area contributed by atoms with Crippen molar-refractivity contribution in [2.45, 2.75) is 51.2 Å². The second-order valence-corrected chi connectivity index (χ2v) is 9.72. The molecule has 1 fully saturated rings. The van der Waals surface area contributed by atoms with Crippen LogP contribution < -0.4 is 21.3 Å². The molecule has 5 rings (SSSR count). The number of pyridine rings is 1. The van der Waals surface area contributed by atoms with Gasteiger partial charge in [0.25, 0.3) is 5.91 Å². The number of nitrogens with zero attached hydrogens (tertiary/aromatic N) is 3. The highest BCUT2D eigenvalue weighted by atomic mass is 19.1. The standard InChI is InChI=1S/C26H30FN7O/c1-4-29-23(35)18-14-31-22(12-20(18)33-21-7-10-30-24(34-21)25(2,3)27)32-17-5-6-19-16(11-17)13-28-15-26(19)8-9-26/h5-7,10-12,14,28H,4,8-9,13,15H2,1-3H3,(H,29,35)(H2,30,31,32,33,34). The van der Waals surface area contributed by atoms with E-state index in [1.54, 1.807) is 12.1 Å². The van der Waals surface area contributed by atoms with Gasteiger partial charge in [-0.2, -0.15) is 0 Å². The van der Waals surface area contributed by atoms with Crippen LogP contribution in [0.3, 0.4) is 0 Å². The lowest BCUT2D eigenvalue weighted by Gasteiger charge is -2.26. The number of halogens is 1. The number of alkyl halides is 1. The van der Waals surface area contributed by atoms with Crippen LogP contribution in [0.2, 0.25) is 0 Å². The first-order chi connectivity index (χ1) is 16.8. The molecule has 182 valence electrons. The molecular formula is C26H30FN7O. The summed E-state index contributed by atoms with van der Waals surface area (Å²) in [6.45, 7) is 7.04. The molecule has 2 aliphatic rings. The number of rotatable bonds is 7. The van der Waals surface area contributed by atoms with Gasteiger partial charge in [0.15, 0.2) is 11.5 Å². The molecule has 1 saturated carbocycles. The van der Waals surface area contributed by atoms with E-state index in [4.69, 9.17) is 0 Å². The summed E-state index contributed by atoms with van der Waals surface area (Å²) in [5, 5.41) is 12.8. The fraction of sp³-hybridized carbons (Fsp3) is 0.385. The number of carbonyl (C=O) groups excluding carboxylic acids is 1. The van der Waals surface area contributed by atoms with Crippen molar-refractivity contribution in [3.8, 4) is 0 Å². The van der Waals surface area contributed by atoms with Gasteiger partial charge in [-0.1, -0.05) is 6.07 Å². The molecule has 1 aliphatic heterocycles. The normalized spacial score (nSPS) is 15.9. The van der Waals surface area contributed by atoms with Gasteiger partial charge in [0.2, 0.25) is 0 Å². The first-order valence-corrected chi connectivity index (χ1v) is 12.0. The van der Waals surface area contributed by atoms with E-state index in [1.165, 1.54) is 50.2 Å². The predicted molar refractivity (Wildman–Crippen MR) is 134 cm³/mol. The maximum Gasteiger partial charge on any atom is 0.254 e. The van der Waals surface area contributed by atoms with Crippen molar-refractivity contribution in [3.63, 3.8) is 0 Å². The fourth-order valence-electron chi connectivity index (χ4n) is 4.53. The minimum atomic E-state index is -1.69. The highest BCUT2D eigenvalue weighted by Gasteiger charge is 2.46. The number of anilines is 4. The second kappa shape index (κ2) is 8.88. The van der Waals surface area contributed by atoms with Crippen molar-refractivity contribution in [1.82, 2.24) is 25.6 Å². The zero-order chi connectivity index (χ0) is 24.6. The largest absolute Gasteiger partial charge is 0.352 e. The lowest BCUT2D eigenvalue weighted by atomic mass is 9.88. The number of fused-ring (bicyclic) bond motifs is 2. The van der Waals surface area contributed by atoms with Gasteiger partial charge in [-0.3, -0.25) is 4.79 Å². The van der Waals surface area contributed by atoms with E-state index in [0.29, 0.717) is 34.8 Å². The zero-order valence-electron chi connectivity index (χ0n) is 20.2. The monoisotopic (exact) mass is 475 g/mol. The highest BCUT2D eigenvalue weighted by molar-refractivity contribution is 6.00. The minimum absolute atomic E-state index is 0.0607. The number of aromatic nitrogens is 3. The van der Waals surface area contributed by atoms with E-state index in [2.05, 4.69) is 54.4 Å². The molecule has 9 heteroatoms. The van der Waals surface area contributed by atoms with Crippen molar-refractivity contribution in [1.29, 1.82) is 0 Å². The molecule has 4 N–H and O–H groups in total. The van der Waals surface area contributed by atoms with Gasteiger partial charge in [0.05, 0.1) is 11.3 Å². The van der Waals surface area contributed by atoms with Crippen molar-refractivity contribution < 1.29 is 9.18 Å². The third kappa shape index (κ3) is 4.81. The minimum Gasteiger partial charge on any atom is -0.352 e. The molecule has 0 bridgehead atoms. The van der Waals surface area contributed by atoms with E-state index in [0.717, 1.165) is 18.8 Å². The molecule has 1 aromatic carbocycles. The Morgan fingerprint density at radius 3 is 2.71 bits per heavy atom. The van der Waals surface area contributed by atoms with Crippen LogP contribution in [0.4, 0.5) is 27.4 Å². The number of amides is 1. The summed E-state index contributed by atoms with van der Waals surface area (Å²) in [5.41, 5.74) is 3.17. The second-order valence-electron chi connectivity index (χ2n) is 9.72. The molecule has 3 heterocycles. The maximum absolute atomic E-state index is 14.4. The summed E-state index contributed by atoms with van der Waals surface area (Å²) in [5.74, 6) is 0.762. The maximum atomic E-state index is 14.4. The van der Waals surface area contributed by atoms with Gasteiger partial charge >= 0.3 is 0 Å².